The van der Waals surface area contributed by atoms with E-state index in [0.717, 1.165) is 36.3 Å². The molecule has 1 aliphatic heterocycles. The number of ether oxygens (including phenoxy) is 1. The molecule has 0 saturated heterocycles. The lowest BCUT2D eigenvalue weighted by molar-refractivity contribution is -0.138. The zero-order chi connectivity index (χ0) is 16.2. The van der Waals surface area contributed by atoms with Crippen molar-refractivity contribution in [3.63, 3.8) is 0 Å². The van der Waals surface area contributed by atoms with Crippen LogP contribution in [-0.4, -0.2) is 28.7 Å². The van der Waals surface area contributed by atoms with Crippen LogP contribution in [0.4, 0.5) is 0 Å². The van der Waals surface area contributed by atoms with Gasteiger partial charge in [-0.1, -0.05) is 33.3 Å². The van der Waals surface area contributed by atoms with Gasteiger partial charge in [-0.3, -0.25) is 9.78 Å². The van der Waals surface area contributed by atoms with Crippen molar-refractivity contribution in [1.29, 1.82) is 0 Å². The molecular weight excluding hydrogens is 280 g/mol. The van der Waals surface area contributed by atoms with Crippen molar-refractivity contribution in [3.8, 4) is 0 Å². The summed E-state index contributed by atoms with van der Waals surface area (Å²) in [6.45, 7) is 8.03. The number of carbonyl (C=O) groups is 1. The molecule has 1 atom stereocenters. The van der Waals surface area contributed by atoms with E-state index in [1.54, 1.807) is 6.20 Å². The molecule has 122 valence electrons. The number of carboxylic acids is 1. The SMILES string of the molecule is CC(C)(C)CCC([N-]Cc1cnc2c(c1)COCC2)C(=O)O. The van der Waals surface area contributed by atoms with Crippen molar-refractivity contribution >= 4 is 5.97 Å². The second kappa shape index (κ2) is 7.20. The van der Waals surface area contributed by atoms with Gasteiger partial charge < -0.3 is 15.2 Å². The standard InChI is InChI=1S/C17H25N2O3/c1-17(2,3)6-4-15(16(20)21)19-10-12-8-13-11-22-7-5-14(13)18-9-12/h8-9,15H,4-7,10-11H2,1-3H3,(H,20,21)/q-1. The molecule has 1 N–H and O–H groups in total. The zero-order valence-electron chi connectivity index (χ0n) is 13.6. The van der Waals surface area contributed by atoms with E-state index >= 15 is 0 Å². The first-order valence-electron chi connectivity index (χ1n) is 7.79. The van der Waals surface area contributed by atoms with Crippen LogP contribution in [0.1, 0.15) is 50.4 Å². The predicted molar refractivity (Wildman–Crippen MR) is 84.8 cm³/mol. The molecule has 0 fully saturated rings. The Labute approximate surface area is 132 Å². The molecule has 2 heterocycles. The number of fused-ring (bicyclic) bond motifs is 1. The van der Waals surface area contributed by atoms with Gasteiger partial charge in [0.15, 0.2) is 0 Å². The Bertz CT molecular complexity index is 523. The van der Waals surface area contributed by atoms with E-state index < -0.39 is 12.0 Å². The summed E-state index contributed by atoms with van der Waals surface area (Å²) < 4.78 is 5.43. The van der Waals surface area contributed by atoms with Crippen LogP contribution in [-0.2, 0) is 29.1 Å². The lowest BCUT2D eigenvalue weighted by Gasteiger charge is -2.31. The molecule has 5 heteroatoms. The maximum absolute atomic E-state index is 11.3. The van der Waals surface area contributed by atoms with E-state index in [9.17, 15) is 9.90 Å². The van der Waals surface area contributed by atoms with Crippen LogP contribution in [0.15, 0.2) is 12.3 Å². The van der Waals surface area contributed by atoms with Gasteiger partial charge in [-0.15, -0.1) is 6.54 Å². The van der Waals surface area contributed by atoms with E-state index in [-0.39, 0.29) is 5.41 Å². The lowest BCUT2D eigenvalue weighted by atomic mass is 9.88. The summed E-state index contributed by atoms with van der Waals surface area (Å²) in [6, 6.07) is 1.39. The van der Waals surface area contributed by atoms with E-state index in [1.807, 2.05) is 6.07 Å². The molecular formula is C17H25N2O3-. The fourth-order valence-electron chi connectivity index (χ4n) is 2.45. The van der Waals surface area contributed by atoms with Gasteiger partial charge in [0.2, 0.25) is 0 Å². The van der Waals surface area contributed by atoms with Gasteiger partial charge in [0.25, 0.3) is 5.97 Å². The van der Waals surface area contributed by atoms with Gasteiger partial charge in [0, 0.05) is 18.3 Å². The van der Waals surface area contributed by atoms with Crippen molar-refractivity contribution in [2.45, 2.75) is 59.2 Å². The summed E-state index contributed by atoms with van der Waals surface area (Å²) >= 11 is 0. The van der Waals surface area contributed by atoms with Gasteiger partial charge in [0.05, 0.1) is 13.2 Å². The number of aromatic nitrogens is 1. The normalized spacial score (nSPS) is 16.1. The highest BCUT2D eigenvalue weighted by molar-refractivity contribution is 5.76. The average molecular weight is 305 g/mol. The Hall–Kier alpha value is -1.46. The molecule has 2 rings (SSSR count). The summed E-state index contributed by atoms with van der Waals surface area (Å²) in [4.78, 5) is 15.8. The molecule has 1 aliphatic rings. The lowest BCUT2D eigenvalue weighted by Crippen LogP contribution is -2.22. The summed E-state index contributed by atoms with van der Waals surface area (Å²) in [5.74, 6) is -0.849. The van der Waals surface area contributed by atoms with E-state index in [2.05, 4.69) is 31.1 Å². The van der Waals surface area contributed by atoms with Crippen molar-refractivity contribution < 1.29 is 14.6 Å². The van der Waals surface area contributed by atoms with Gasteiger partial charge >= 0.3 is 0 Å². The Morgan fingerprint density at radius 2 is 2.27 bits per heavy atom. The number of nitrogens with zero attached hydrogens (tertiary/aromatic N) is 2. The van der Waals surface area contributed by atoms with Crippen molar-refractivity contribution in [3.05, 3.63) is 34.4 Å². The maximum atomic E-state index is 11.3. The number of carboxylic acid groups (broad SMARTS) is 1. The molecule has 0 radical (unpaired) electrons. The number of pyridine rings is 1. The first-order valence-corrected chi connectivity index (χ1v) is 7.79. The minimum absolute atomic E-state index is 0.119. The third-order valence-electron chi connectivity index (χ3n) is 3.80. The molecule has 1 aromatic rings. The molecule has 1 unspecified atom stereocenters. The second-order valence-electron chi connectivity index (χ2n) is 7.05. The quantitative estimate of drug-likeness (QED) is 0.875. The first-order chi connectivity index (χ1) is 10.3. The highest BCUT2D eigenvalue weighted by Crippen LogP contribution is 2.25. The zero-order valence-corrected chi connectivity index (χ0v) is 13.6. The molecule has 0 aromatic carbocycles. The van der Waals surface area contributed by atoms with Crippen LogP contribution in [0.25, 0.3) is 5.32 Å². The topological polar surface area (TPSA) is 73.5 Å². The molecule has 0 amide bonds. The second-order valence-corrected chi connectivity index (χ2v) is 7.05. The number of rotatable bonds is 6. The summed E-state index contributed by atoms with van der Waals surface area (Å²) in [7, 11) is 0. The average Bonchev–Trinajstić information content (AvgIpc) is 2.45. The van der Waals surface area contributed by atoms with Crippen LogP contribution in [0.3, 0.4) is 0 Å². The number of hydrogen-bond donors (Lipinski definition) is 1. The minimum Gasteiger partial charge on any atom is -0.646 e. The smallest absolute Gasteiger partial charge is 0.285 e. The Morgan fingerprint density at radius 3 is 2.95 bits per heavy atom. The van der Waals surface area contributed by atoms with Gasteiger partial charge in [-0.05, 0) is 29.0 Å². The van der Waals surface area contributed by atoms with Crippen LogP contribution < -0.4 is 0 Å². The van der Waals surface area contributed by atoms with Gasteiger partial charge in [-0.25, -0.2) is 0 Å². The summed E-state index contributed by atoms with van der Waals surface area (Å²) in [6.07, 6.45) is 4.05. The van der Waals surface area contributed by atoms with Gasteiger partial charge in [-0.2, -0.15) is 0 Å². The molecule has 0 spiro atoms. The maximum Gasteiger partial charge on any atom is 0.285 e. The Morgan fingerprint density at radius 1 is 1.50 bits per heavy atom. The van der Waals surface area contributed by atoms with Crippen LogP contribution in [0.2, 0.25) is 0 Å². The Kier molecular flexibility index (Phi) is 5.53. The molecule has 5 nitrogen and oxygen atoms in total. The van der Waals surface area contributed by atoms with Crippen LogP contribution >= 0.6 is 0 Å². The molecule has 0 bridgehead atoms. The monoisotopic (exact) mass is 305 g/mol. The third kappa shape index (κ3) is 5.07. The highest BCUT2D eigenvalue weighted by atomic mass is 16.5. The molecule has 0 saturated carbocycles. The van der Waals surface area contributed by atoms with Crippen LogP contribution in [0.5, 0.6) is 0 Å². The third-order valence-corrected chi connectivity index (χ3v) is 3.80. The fraction of sp³-hybridized carbons (Fsp3) is 0.647. The number of hydrogen-bond acceptors (Lipinski definition) is 3. The first kappa shape index (κ1) is 16.9. The number of aliphatic carboxylic acids is 1. The van der Waals surface area contributed by atoms with E-state index in [1.165, 1.54) is 0 Å². The van der Waals surface area contributed by atoms with Gasteiger partial charge in [0.1, 0.15) is 0 Å². The predicted octanol–water partition coefficient (Wildman–Crippen LogP) is 3.31. The van der Waals surface area contributed by atoms with E-state index in [0.29, 0.717) is 19.6 Å². The van der Waals surface area contributed by atoms with Crippen molar-refractivity contribution in [1.82, 2.24) is 4.98 Å². The van der Waals surface area contributed by atoms with Crippen molar-refractivity contribution in [2.24, 2.45) is 5.41 Å². The molecule has 22 heavy (non-hydrogen) atoms. The van der Waals surface area contributed by atoms with E-state index in [4.69, 9.17) is 4.74 Å². The molecule has 0 aliphatic carbocycles. The largest absolute Gasteiger partial charge is 0.646 e. The fourth-order valence-corrected chi connectivity index (χ4v) is 2.45. The summed E-state index contributed by atoms with van der Waals surface area (Å²) in [5.41, 5.74) is 3.25. The van der Waals surface area contributed by atoms with Crippen molar-refractivity contribution in [2.75, 3.05) is 6.61 Å². The highest BCUT2D eigenvalue weighted by Gasteiger charge is 2.15. The minimum atomic E-state index is -0.849. The Balaban J connectivity index is 1.93. The molecule has 1 aromatic heterocycles. The van der Waals surface area contributed by atoms with Crippen LogP contribution in [0, 0.1) is 5.41 Å². The summed E-state index contributed by atoms with van der Waals surface area (Å²) in [5, 5.41) is 13.7.